The summed E-state index contributed by atoms with van der Waals surface area (Å²) < 4.78 is 5.19. The van der Waals surface area contributed by atoms with E-state index in [2.05, 4.69) is 22.4 Å². The molecule has 0 unspecified atom stereocenters. The second-order valence-corrected chi connectivity index (χ2v) is 5.06. The van der Waals surface area contributed by atoms with Crippen molar-refractivity contribution >= 4 is 0 Å². The highest BCUT2D eigenvalue weighted by molar-refractivity contribution is 5.23. The maximum atomic E-state index is 9.68. The van der Waals surface area contributed by atoms with Crippen LogP contribution in [0, 0.1) is 0 Å². The van der Waals surface area contributed by atoms with Gasteiger partial charge in [-0.3, -0.25) is 5.32 Å². The molecule has 1 atom stereocenters. The monoisotopic (exact) mass is 275 g/mol. The zero-order valence-electron chi connectivity index (χ0n) is 12.0. The van der Waals surface area contributed by atoms with E-state index in [-0.39, 0.29) is 6.61 Å². The highest BCUT2D eigenvalue weighted by atomic mass is 16.5. The van der Waals surface area contributed by atoms with Gasteiger partial charge >= 0.3 is 0 Å². The van der Waals surface area contributed by atoms with Gasteiger partial charge in [0.25, 0.3) is 0 Å². The number of nitrogens with one attached hydrogen (secondary N) is 1. The van der Waals surface area contributed by atoms with E-state index in [0.717, 1.165) is 24.2 Å². The summed E-state index contributed by atoms with van der Waals surface area (Å²) in [5, 5.41) is 16.9. The van der Waals surface area contributed by atoms with E-state index in [4.69, 9.17) is 4.52 Å². The van der Waals surface area contributed by atoms with Crippen LogP contribution in [-0.4, -0.2) is 21.9 Å². The van der Waals surface area contributed by atoms with Crippen molar-refractivity contribution in [3.8, 4) is 0 Å². The highest BCUT2D eigenvalue weighted by Crippen LogP contribution is 2.20. The summed E-state index contributed by atoms with van der Waals surface area (Å²) in [6, 6.07) is 9.84. The van der Waals surface area contributed by atoms with E-state index < -0.39 is 5.54 Å². The Morgan fingerprint density at radius 1 is 1.30 bits per heavy atom. The molecule has 0 bridgehead atoms. The van der Waals surface area contributed by atoms with E-state index in [1.165, 1.54) is 0 Å². The largest absolute Gasteiger partial charge is 0.394 e. The first-order chi connectivity index (χ1) is 9.68. The van der Waals surface area contributed by atoms with Gasteiger partial charge in [-0.25, -0.2) is 0 Å². The van der Waals surface area contributed by atoms with Crippen molar-refractivity contribution in [1.29, 1.82) is 0 Å². The summed E-state index contributed by atoms with van der Waals surface area (Å²) in [6.07, 6.45) is 1.81. The summed E-state index contributed by atoms with van der Waals surface area (Å²) >= 11 is 0. The van der Waals surface area contributed by atoms with Gasteiger partial charge in [0.2, 0.25) is 5.89 Å². The molecule has 0 saturated heterocycles. The van der Waals surface area contributed by atoms with Gasteiger partial charge in [-0.1, -0.05) is 42.4 Å². The van der Waals surface area contributed by atoms with E-state index in [9.17, 15) is 5.11 Å². The molecule has 108 valence electrons. The third-order valence-electron chi connectivity index (χ3n) is 3.34. The van der Waals surface area contributed by atoms with Gasteiger partial charge in [0.15, 0.2) is 5.82 Å². The van der Waals surface area contributed by atoms with E-state index in [1.54, 1.807) is 0 Å². The van der Waals surface area contributed by atoms with Crippen LogP contribution in [0.5, 0.6) is 0 Å². The molecule has 1 aromatic heterocycles. The number of aliphatic hydroxyl groups excluding tert-OH is 1. The molecule has 0 fully saturated rings. The Morgan fingerprint density at radius 3 is 2.70 bits per heavy atom. The molecule has 0 saturated carbocycles. The van der Waals surface area contributed by atoms with Crippen LogP contribution in [0.15, 0.2) is 34.9 Å². The lowest BCUT2D eigenvalue weighted by Crippen LogP contribution is -2.42. The summed E-state index contributed by atoms with van der Waals surface area (Å²) in [7, 11) is 0. The SMILES string of the molecule is CCCc1noc(CN[C@](C)(CO)c2ccccc2)n1. The first-order valence-corrected chi connectivity index (χ1v) is 6.91. The molecule has 0 radical (unpaired) electrons. The topological polar surface area (TPSA) is 71.2 Å². The maximum Gasteiger partial charge on any atom is 0.240 e. The Labute approximate surface area is 119 Å². The average Bonchev–Trinajstić information content (AvgIpc) is 2.94. The Balaban J connectivity index is 2.03. The predicted molar refractivity (Wildman–Crippen MR) is 76.0 cm³/mol. The van der Waals surface area contributed by atoms with E-state index in [0.29, 0.717) is 12.4 Å². The quantitative estimate of drug-likeness (QED) is 0.809. The van der Waals surface area contributed by atoms with Crippen LogP contribution < -0.4 is 5.32 Å². The molecule has 5 heteroatoms. The molecule has 2 N–H and O–H groups in total. The maximum absolute atomic E-state index is 9.68. The number of hydrogen-bond acceptors (Lipinski definition) is 5. The average molecular weight is 275 g/mol. The lowest BCUT2D eigenvalue weighted by atomic mass is 9.93. The van der Waals surface area contributed by atoms with Crippen molar-refractivity contribution in [1.82, 2.24) is 15.5 Å². The van der Waals surface area contributed by atoms with Crippen LogP contribution in [-0.2, 0) is 18.5 Å². The van der Waals surface area contributed by atoms with Gasteiger partial charge in [0.1, 0.15) is 0 Å². The normalized spacial score (nSPS) is 14.2. The third-order valence-corrected chi connectivity index (χ3v) is 3.34. The molecular formula is C15H21N3O2. The predicted octanol–water partition coefficient (Wildman–Crippen LogP) is 2.02. The molecule has 2 aromatic rings. The molecular weight excluding hydrogens is 254 g/mol. The highest BCUT2D eigenvalue weighted by Gasteiger charge is 2.25. The van der Waals surface area contributed by atoms with Crippen molar-refractivity contribution in [2.75, 3.05) is 6.61 Å². The molecule has 0 spiro atoms. The number of aromatic nitrogens is 2. The van der Waals surface area contributed by atoms with Crippen LogP contribution in [0.2, 0.25) is 0 Å². The standard InChI is InChI=1S/C15H21N3O2/c1-3-7-13-17-14(20-18-13)10-16-15(2,11-19)12-8-5-4-6-9-12/h4-6,8-9,16,19H,3,7,10-11H2,1-2H3/t15-/m1/s1. The smallest absolute Gasteiger partial charge is 0.240 e. The Kier molecular flexibility index (Phi) is 4.87. The molecule has 1 heterocycles. The summed E-state index contributed by atoms with van der Waals surface area (Å²) in [5.41, 5.74) is 0.497. The summed E-state index contributed by atoms with van der Waals surface area (Å²) in [6.45, 7) is 4.45. The van der Waals surface area contributed by atoms with Gasteiger partial charge < -0.3 is 9.63 Å². The van der Waals surface area contributed by atoms with E-state index in [1.807, 2.05) is 37.3 Å². The van der Waals surface area contributed by atoms with Gasteiger partial charge in [0.05, 0.1) is 18.7 Å². The fourth-order valence-corrected chi connectivity index (χ4v) is 2.01. The lowest BCUT2D eigenvalue weighted by molar-refractivity contribution is 0.168. The fraction of sp³-hybridized carbons (Fsp3) is 0.467. The first-order valence-electron chi connectivity index (χ1n) is 6.91. The number of aryl methyl sites for hydroxylation is 1. The van der Waals surface area contributed by atoms with Gasteiger partial charge in [-0.2, -0.15) is 4.98 Å². The summed E-state index contributed by atoms with van der Waals surface area (Å²) in [4.78, 5) is 4.31. The fourth-order valence-electron chi connectivity index (χ4n) is 2.01. The Morgan fingerprint density at radius 2 is 2.05 bits per heavy atom. The molecule has 1 aromatic carbocycles. The number of nitrogens with zero attached hydrogens (tertiary/aromatic N) is 2. The third kappa shape index (κ3) is 3.43. The van der Waals surface area contributed by atoms with Gasteiger partial charge in [-0.05, 0) is 18.9 Å². The van der Waals surface area contributed by atoms with Crippen molar-refractivity contribution in [3.63, 3.8) is 0 Å². The van der Waals surface area contributed by atoms with Gasteiger partial charge in [0, 0.05) is 6.42 Å². The minimum absolute atomic E-state index is 0.00698. The van der Waals surface area contributed by atoms with Crippen LogP contribution in [0.25, 0.3) is 0 Å². The zero-order chi connectivity index (χ0) is 14.4. The number of benzene rings is 1. The minimum Gasteiger partial charge on any atom is -0.394 e. The van der Waals surface area contributed by atoms with E-state index >= 15 is 0 Å². The molecule has 5 nitrogen and oxygen atoms in total. The molecule has 2 rings (SSSR count). The molecule has 0 aliphatic rings. The van der Waals surface area contributed by atoms with Crippen LogP contribution in [0.1, 0.15) is 37.5 Å². The van der Waals surface area contributed by atoms with Crippen LogP contribution in [0.3, 0.4) is 0 Å². The van der Waals surface area contributed by atoms with Crippen LogP contribution >= 0.6 is 0 Å². The van der Waals surface area contributed by atoms with Crippen molar-refractivity contribution in [3.05, 3.63) is 47.6 Å². The second kappa shape index (κ2) is 6.63. The first kappa shape index (κ1) is 14.7. The summed E-state index contributed by atoms with van der Waals surface area (Å²) in [5.74, 6) is 1.28. The molecule has 0 aliphatic heterocycles. The number of aliphatic hydroxyl groups is 1. The molecule has 0 amide bonds. The molecule has 0 aliphatic carbocycles. The van der Waals surface area contributed by atoms with Crippen molar-refractivity contribution in [2.45, 2.75) is 38.8 Å². The Bertz CT molecular complexity index is 527. The lowest BCUT2D eigenvalue weighted by Gasteiger charge is -2.28. The number of hydrogen-bond donors (Lipinski definition) is 2. The minimum atomic E-state index is -0.527. The van der Waals surface area contributed by atoms with Crippen molar-refractivity contribution in [2.24, 2.45) is 0 Å². The second-order valence-electron chi connectivity index (χ2n) is 5.06. The van der Waals surface area contributed by atoms with Crippen molar-refractivity contribution < 1.29 is 9.63 Å². The van der Waals surface area contributed by atoms with Gasteiger partial charge in [-0.15, -0.1) is 0 Å². The number of rotatable bonds is 7. The van der Waals surface area contributed by atoms with Crippen LogP contribution in [0.4, 0.5) is 0 Å². The molecule has 20 heavy (non-hydrogen) atoms. The Hall–Kier alpha value is -1.72. The zero-order valence-corrected chi connectivity index (χ0v) is 12.0.